The molecule has 0 spiro atoms. The summed E-state index contributed by atoms with van der Waals surface area (Å²) in [5, 5.41) is 5.01. The minimum absolute atomic E-state index is 0.0218. The van der Waals surface area contributed by atoms with Gasteiger partial charge in [-0.1, -0.05) is 6.92 Å². The van der Waals surface area contributed by atoms with Gasteiger partial charge in [-0.3, -0.25) is 14.7 Å². The fourth-order valence-corrected chi connectivity index (χ4v) is 4.23. The lowest BCUT2D eigenvalue weighted by Gasteiger charge is -2.31. The Hall–Kier alpha value is -2.48. The molecule has 1 saturated heterocycles. The number of rotatable bonds is 3. The van der Waals surface area contributed by atoms with Crippen LogP contribution in [0, 0.1) is 6.92 Å². The zero-order valence-electron chi connectivity index (χ0n) is 14.9. The van der Waals surface area contributed by atoms with Crippen LogP contribution in [0.4, 0.5) is 0 Å². The van der Waals surface area contributed by atoms with Crippen LogP contribution in [0.3, 0.4) is 0 Å². The zero-order chi connectivity index (χ0) is 18.3. The van der Waals surface area contributed by atoms with Crippen LogP contribution >= 0.6 is 11.3 Å². The van der Waals surface area contributed by atoms with Crippen LogP contribution in [-0.4, -0.2) is 43.5 Å². The molecule has 1 amide bonds. The molecule has 0 radical (unpaired) electrons. The van der Waals surface area contributed by atoms with Gasteiger partial charge in [0.2, 0.25) is 0 Å². The molecule has 1 fully saturated rings. The Morgan fingerprint density at radius 1 is 1.46 bits per heavy atom. The molecule has 0 aliphatic carbocycles. The number of carbonyl (C=O) groups excluding carboxylic acids is 1. The topological polar surface area (TPSA) is 83.4 Å². The highest BCUT2D eigenvalue weighted by molar-refractivity contribution is 7.07. The van der Waals surface area contributed by atoms with Gasteiger partial charge in [0.05, 0.1) is 5.51 Å². The van der Waals surface area contributed by atoms with E-state index in [0.717, 1.165) is 36.3 Å². The normalized spacial score (nSPS) is 17.8. The number of amides is 1. The molecule has 0 saturated carbocycles. The van der Waals surface area contributed by atoms with Gasteiger partial charge in [-0.05, 0) is 26.2 Å². The second-order valence-electron chi connectivity index (χ2n) is 6.70. The molecule has 7 nitrogen and oxygen atoms in total. The summed E-state index contributed by atoms with van der Waals surface area (Å²) < 4.78 is 1.53. The number of fused-ring (bicyclic) bond motifs is 1. The van der Waals surface area contributed by atoms with Crippen LogP contribution in [-0.2, 0) is 6.42 Å². The Labute approximate surface area is 154 Å². The van der Waals surface area contributed by atoms with Crippen molar-refractivity contribution in [2.75, 3.05) is 13.1 Å². The molecule has 1 N–H and O–H groups in total. The van der Waals surface area contributed by atoms with Crippen LogP contribution in [0.5, 0.6) is 0 Å². The van der Waals surface area contributed by atoms with Crippen molar-refractivity contribution in [1.82, 2.24) is 24.5 Å². The quantitative estimate of drug-likeness (QED) is 0.766. The van der Waals surface area contributed by atoms with Gasteiger partial charge in [-0.2, -0.15) is 0 Å². The first-order valence-corrected chi connectivity index (χ1v) is 9.81. The van der Waals surface area contributed by atoms with Crippen molar-refractivity contribution in [3.63, 3.8) is 0 Å². The van der Waals surface area contributed by atoms with Crippen molar-refractivity contribution in [3.8, 4) is 0 Å². The van der Waals surface area contributed by atoms with E-state index in [4.69, 9.17) is 0 Å². The van der Waals surface area contributed by atoms with E-state index >= 15 is 0 Å². The van der Waals surface area contributed by atoms with Crippen molar-refractivity contribution in [2.24, 2.45) is 0 Å². The summed E-state index contributed by atoms with van der Waals surface area (Å²) in [6, 6.07) is 1.94. The van der Waals surface area contributed by atoms with Crippen molar-refractivity contribution < 1.29 is 4.79 Å². The Bertz CT molecular complexity index is 1000. The van der Waals surface area contributed by atoms with Gasteiger partial charge >= 0.3 is 0 Å². The van der Waals surface area contributed by atoms with Gasteiger partial charge in [0, 0.05) is 47.4 Å². The minimum Gasteiger partial charge on any atom is -0.337 e. The third-order valence-electron chi connectivity index (χ3n) is 5.09. The average Bonchev–Trinajstić information content (AvgIpc) is 3.31. The van der Waals surface area contributed by atoms with Gasteiger partial charge in [0.15, 0.2) is 5.65 Å². The van der Waals surface area contributed by atoms with Crippen molar-refractivity contribution >= 4 is 22.9 Å². The lowest BCUT2D eigenvalue weighted by atomic mass is 9.94. The first-order valence-electron chi connectivity index (χ1n) is 8.87. The van der Waals surface area contributed by atoms with E-state index in [1.807, 2.05) is 24.8 Å². The van der Waals surface area contributed by atoms with E-state index < -0.39 is 0 Å². The van der Waals surface area contributed by atoms with Crippen molar-refractivity contribution in [1.29, 1.82) is 0 Å². The Balaban J connectivity index is 1.64. The Kier molecular flexibility index (Phi) is 4.36. The van der Waals surface area contributed by atoms with Gasteiger partial charge in [0.25, 0.3) is 11.5 Å². The molecule has 0 aromatic carbocycles. The fraction of sp³-hybridized carbons (Fsp3) is 0.444. The van der Waals surface area contributed by atoms with Gasteiger partial charge in [-0.25, -0.2) is 14.5 Å². The average molecular weight is 371 g/mol. The van der Waals surface area contributed by atoms with Crippen LogP contribution in [0.25, 0.3) is 5.65 Å². The van der Waals surface area contributed by atoms with Gasteiger partial charge in [-0.15, -0.1) is 11.3 Å². The van der Waals surface area contributed by atoms with E-state index in [0.29, 0.717) is 24.3 Å². The number of piperidine rings is 1. The van der Waals surface area contributed by atoms with E-state index in [2.05, 4.69) is 15.1 Å². The maximum Gasteiger partial charge on any atom is 0.276 e. The minimum atomic E-state index is -0.0348. The molecule has 3 aromatic heterocycles. The maximum atomic E-state index is 12.6. The summed E-state index contributed by atoms with van der Waals surface area (Å²) >= 11 is 1.43. The third-order valence-corrected chi connectivity index (χ3v) is 5.67. The largest absolute Gasteiger partial charge is 0.337 e. The lowest BCUT2D eigenvalue weighted by molar-refractivity contribution is 0.0700. The zero-order valence-corrected chi connectivity index (χ0v) is 15.7. The SMILES string of the molecule is CCc1c(C)nc2cc(C3CCCN(C(=O)c4cscn4)C3)[nH]n2c1=O. The highest BCUT2D eigenvalue weighted by Gasteiger charge is 2.27. The number of aryl methyl sites for hydroxylation is 1. The Morgan fingerprint density at radius 2 is 2.31 bits per heavy atom. The predicted molar refractivity (Wildman–Crippen MR) is 99.9 cm³/mol. The summed E-state index contributed by atoms with van der Waals surface area (Å²) in [6.07, 6.45) is 2.56. The summed E-state index contributed by atoms with van der Waals surface area (Å²) in [6.45, 7) is 5.20. The smallest absolute Gasteiger partial charge is 0.276 e. The molecule has 4 rings (SSSR count). The number of hydrogen-bond acceptors (Lipinski definition) is 5. The molecule has 3 aromatic rings. The number of likely N-dealkylation sites (tertiary alicyclic amines) is 1. The van der Waals surface area contributed by atoms with Gasteiger partial charge < -0.3 is 4.90 Å². The number of aromatic amines is 1. The third kappa shape index (κ3) is 2.84. The second-order valence-corrected chi connectivity index (χ2v) is 7.42. The number of carbonyl (C=O) groups is 1. The standard InChI is InChI=1S/C18H21N5O2S/c1-3-13-11(2)20-16-7-14(21-23(16)17(13)24)12-5-4-6-22(8-12)18(25)15-9-26-10-19-15/h7,9-10,12,21H,3-6,8H2,1-2H3. The molecule has 4 heterocycles. The van der Waals surface area contributed by atoms with Crippen LogP contribution in [0.1, 0.15) is 53.1 Å². The molecule has 1 aliphatic heterocycles. The lowest BCUT2D eigenvalue weighted by Crippen LogP contribution is -2.39. The molecule has 8 heteroatoms. The first kappa shape index (κ1) is 17.0. The molecular weight excluding hydrogens is 350 g/mol. The number of thiazole rings is 1. The predicted octanol–water partition coefficient (Wildman–Crippen LogP) is 2.37. The molecule has 1 aliphatic rings. The number of nitrogens with one attached hydrogen (secondary N) is 1. The molecule has 0 bridgehead atoms. The number of H-pyrrole nitrogens is 1. The van der Waals surface area contributed by atoms with Crippen molar-refractivity contribution in [2.45, 2.75) is 39.0 Å². The molecule has 136 valence electrons. The number of aromatic nitrogens is 4. The Morgan fingerprint density at radius 3 is 3.04 bits per heavy atom. The van der Waals surface area contributed by atoms with E-state index in [-0.39, 0.29) is 17.4 Å². The van der Waals surface area contributed by atoms with E-state index in [9.17, 15) is 9.59 Å². The van der Waals surface area contributed by atoms with E-state index in [1.54, 1.807) is 10.9 Å². The maximum absolute atomic E-state index is 12.6. The highest BCUT2D eigenvalue weighted by atomic mass is 32.1. The van der Waals surface area contributed by atoms with Crippen molar-refractivity contribution in [3.05, 3.63) is 50.0 Å². The summed E-state index contributed by atoms with van der Waals surface area (Å²) in [7, 11) is 0. The molecule has 1 atom stereocenters. The van der Waals surface area contributed by atoms with Crippen LogP contribution < -0.4 is 5.56 Å². The first-order chi connectivity index (χ1) is 12.6. The molecule has 26 heavy (non-hydrogen) atoms. The summed E-state index contributed by atoms with van der Waals surface area (Å²) in [5.74, 6) is 0.143. The summed E-state index contributed by atoms with van der Waals surface area (Å²) in [4.78, 5) is 35.8. The number of hydrogen-bond donors (Lipinski definition) is 1. The molecular formula is C18H21N5O2S. The molecule has 1 unspecified atom stereocenters. The van der Waals surface area contributed by atoms with Crippen LogP contribution in [0.2, 0.25) is 0 Å². The highest BCUT2D eigenvalue weighted by Crippen LogP contribution is 2.27. The van der Waals surface area contributed by atoms with Gasteiger partial charge in [0.1, 0.15) is 5.69 Å². The second kappa shape index (κ2) is 6.68. The van der Waals surface area contributed by atoms with E-state index in [1.165, 1.54) is 15.9 Å². The summed E-state index contributed by atoms with van der Waals surface area (Å²) in [5.41, 5.74) is 5.27. The van der Waals surface area contributed by atoms with Crippen LogP contribution in [0.15, 0.2) is 21.8 Å². The fourth-order valence-electron chi connectivity index (χ4n) is 3.70. The monoisotopic (exact) mass is 371 g/mol. The number of nitrogens with zero attached hydrogens (tertiary/aromatic N) is 4.